The number of hydrogen-bond acceptors (Lipinski definition) is 3. The van der Waals surface area contributed by atoms with Gasteiger partial charge in [-0.05, 0) is 24.5 Å². The Labute approximate surface area is 114 Å². The van der Waals surface area contributed by atoms with Gasteiger partial charge in [0.2, 0.25) is 5.91 Å². The molecule has 0 fully saturated rings. The molecule has 0 radical (unpaired) electrons. The Bertz CT molecular complexity index is 491. The topological polar surface area (TPSA) is 61.4 Å². The normalized spacial score (nSPS) is 20.8. The number of fused-ring (bicyclic) bond motifs is 1. The minimum atomic E-state index is -4.68. The molecule has 2 unspecified atom stereocenters. The van der Waals surface area contributed by atoms with Crippen LogP contribution in [0, 0.1) is 0 Å². The summed E-state index contributed by atoms with van der Waals surface area (Å²) in [7, 11) is 0. The summed E-state index contributed by atoms with van der Waals surface area (Å²) in [5.41, 5.74) is 1.62. The lowest BCUT2D eigenvalue weighted by molar-refractivity contribution is -0.202. The molecule has 0 saturated heterocycles. The number of carbonyl (C=O) groups excluding carboxylic acids is 1. The molecule has 0 spiro atoms. The second kappa shape index (κ2) is 5.80. The van der Waals surface area contributed by atoms with Gasteiger partial charge in [-0.25, -0.2) is 0 Å². The van der Waals surface area contributed by atoms with Crippen molar-refractivity contribution in [2.24, 2.45) is 0 Å². The Morgan fingerprint density at radius 2 is 2.10 bits per heavy atom. The van der Waals surface area contributed by atoms with Crippen molar-refractivity contribution in [1.82, 2.24) is 5.32 Å². The molecule has 1 aliphatic rings. The fraction of sp³-hybridized carbons (Fsp3) is 0.462. The van der Waals surface area contributed by atoms with Crippen molar-refractivity contribution in [3.05, 3.63) is 29.8 Å². The third-order valence-electron chi connectivity index (χ3n) is 3.23. The van der Waals surface area contributed by atoms with Crippen molar-refractivity contribution in [3.8, 4) is 0 Å². The molecule has 0 aromatic heterocycles. The van der Waals surface area contributed by atoms with Crippen LogP contribution in [0.25, 0.3) is 0 Å². The standard InChI is InChI=1S/C13H15F3N2O2/c14-13(15,16)11(19)7-17-10-6-5-8-3-1-2-4-9(8)18-12(10)20/h1-4,10-11,17,19H,5-7H2,(H,18,20). The van der Waals surface area contributed by atoms with Gasteiger partial charge in [0.1, 0.15) is 0 Å². The molecular formula is C13H15F3N2O2. The van der Waals surface area contributed by atoms with Crippen LogP contribution in [-0.4, -0.2) is 35.9 Å². The molecule has 7 heteroatoms. The predicted molar refractivity (Wildman–Crippen MR) is 67.2 cm³/mol. The van der Waals surface area contributed by atoms with E-state index in [-0.39, 0.29) is 5.91 Å². The highest BCUT2D eigenvalue weighted by molar-refractivity contribution is 5.96. The number of aliphatic hydroxyl groups is 1. The van der Waals surface area contributed by atoms with Gasteiger partial charge >= 0.3 is 6.18 Å². The summed E-state index contributed by atoms with van der Waals surface area (Å²) in [5, 5.41) is 14.1. The van der Waals surface area contributed by atoms with Crippen molar-refractivity contribution in [2.75, 3.05) is 11.9 Å². The molecule has 1 aliphatic heterocycles. The summed E-state index contributed by atoms with van der Waals surface area (Å²) < 4.78 is 36.6. The molecule has 1 amide bonds. The summed E-state index contributed by atoms with van der Waals surface area (Å²) in [4.78, 5) is 11.9. The fourth-order valence-electron chi connectivity index (χ4n) is 2.08. The van der Waals surface area contributed by atoms with E-state index in [4.69, 9.17) is 5.11 Å². The number of alkyl halides is 3. The van der Waals surface area contributed by atoms with Gasteiger partial charge in [0.05, 0.1) is 6.04 Å². The molecular weight excluding hydrogens is 273 g/mol. The lowest BCUT2D eigenvalue weighted by atomic mass is 10.1. The number of aryl methyl sites for hydroxylation is 1. The van der Waals surface area contributed by atoms with Gasteiger partial charge in [-0.2, -0.15) is 13.2 Å². The van der Waals surface area contributed by atoms with Crippen LogP contribution in [0.3, 0.4) is 0 Å². The SMILES string of the molecule is O=C1Nc2ccccc2CCC1NCC(O)C(F)(F)F. The molecule has 1 aromatic rings. The van der Waals surface area contributed by atoms with Crippen molar-refractivity contribution in [1.29, 1.82) is 0 Å². The number of halogens is 3. The lowest BCUT2D eigenvalue weighted by Gasteiger charge is -2.19. The van der Waals surface area contributed by atoms with Gasteiger partial charge in [0.15, 0.2) is 6.10 Å². The summed E-state index contributed by atoms with van der Waals surface area (Å²) in [6.45, 7) is -0.696. The zero-order valence-electron chi connectivity index (χ0n) is 10.6. The monoisotopic (exact) mass is 288 g/mol. The number of rotatable bonds is 3. The van der Waals surface area contributed by atoms with Crippen molar-refractivity contribution >= 4 is 11.6 Å². The molecule has 0 aliphatic carbocycles. The van der Waals surface area contributed by atoms with Crippen LogP contribution < -0.4 is 10.6 Å². The average Bonchev–Trinajstić information content (AvgIpc) is 2.53. The van der Waals surface area contributed by atoms with E-state index in [1.54, 1.807) is 12.1 Å². The minimum Gasteiger partial charge on any atom is -0.382 e. The molecule has 2 atom stereocenters. The fourth-order valence-corrected chi connectivity index (χ4v) is 2.08. The van der Waals surface area contributed by atoms with Gasteiger partial charge < -0.3 is 15.7 Å². The number of nitrogens with one attached hydrogen (secondary N) is 2. The Kier molecular flexibility index (Phi) is 4.29. The highest BCUT2D eigenvalue weighted by atomic mass is 19.4. The van der Waals surface area contributed by atoms with Crippen LogP contribution >= 0.6 is 0 Å². The summed E-state index contributed by atoms with van der Waals surface area (Å²) in [6, 6.07) is 6.48. The highest BCUT2D eigenvalue weighted by Crippen LogP contribution is 2.22. The molecule has 3 N–H and O–H groups in total. The molecule has 0 saturated carbocycles. The van der Waals surface area contributed by atoms with E-state index >= 15 is 0 Å². The van der Waals surface area contributed by atoms with Crippen molar-refractivity contribution in [2.45, 2.75) is 31.2 Å². The van der Waals surface area contributed by atoms with Crippen molar-refractivity contribution in [3.63, 3.8) is 0 Å². The smallest absolute Gasteiger partial charge is 0.382 e. The first-order valence-corrected chi connectivity index (χ1v) is 6.25. The van der Waals surface area contributed by atoms with Crippen LogP contribution in [0.2, 0.25) is 0 Å². The maximum atomic E-state index is 12.2. The third-order valence-corrected chi connectivity index (χ3v) is 3.23. The largest absolute Gasteiger partial charge is 0.415 e. The number of hydrogen-bond donors (Lipinski definition) is 3. The van der Waals surface area contributed by atoms with Gasteiger partial charge in [-0.15, -0.1) is 0 Å². The molecule has 110 valence electrons. The minimum absolute atomic E-state index is 0.382. The molecule has 20 heavy (non-hydrogen) atoms. The number of carbonyl (C=O) groups is 1. The maximum Gasteiger partial charge on any atom is 0.415 e. The van der Waals surface area contributed by atoms with Gasteiger partial charge in [0, 0.05) is 12.2 Å². The molecule has 1 heterocycles. The van der Waals surface area contributed by atoms with E-state index in [0.29, 0.717) is 18.5 Å². The van der Waals surface area contributed by atoms with E-state index in [1.807, 2.05) is 12.1 Å². The van der Waals surface area contributed by atoms with Crippen LogP contribution in [0.1, 0.15) is 12.0 Å². The molecule has 0 bridgehead atoms. The number of amides is 1. The number of anilines is 1. The van der Waals surface area contributed by atoms with Gasteiger partial charge in [0.25, 0.3) is 0 Å². The molecule has 4 nitrogen and oxygen atoms in total. The van der Waals surface area contributed by atoms with Gasteiger partial charge in [-0.3, -0.25) is 4.79 Å². The molecule has 2 rings (SSSR count). The zero-order valence-corrected chi connectivity index (χ0v) is 10.6. The molecule has 1 aromatic carbocycles. The second-order valence-electron chi connectivity index (χ2n) is 4.70. The van der Waals surface area contributed by atoms with Gasteiger partial charge in [-0.1, -0.05) is 18.2 Å². The van der Waals surface area contributed by atoms with Crippen LogP contribution in [0.4, 0.5) is 18.9 Å². The number of aliphatic hydroxyl groups excluding tert-OH is 1. The van der Waals surface area contributed by atoms with E-state index in [1.165, 1.54) is 0 Å². The van der Waals surface area contributed by atoms with E-state index in [2.05, 4.69) is 10.6 Å². The number of benzene rings is 1. The maximum absolute atomic E-state index is 12.2. The summed E-state index contributed by atoms with van der Waals surface area (Å²) in [5.74, 6) is -0.385. The van der Waals surface area contributed by atoms with E-state index in [0.717, 1.165) is 5.56 Å². The van der Waals surface area contributed by atoms with E-state index in [9.17, 15) is 18.0 Å². The van der Waals surface area contributed by atoms with Crippen LogP contribution in [-0.2, 0) is 11.2 Å². The zero-order chi connectivity index (χ0) is 14.8. The third kappa shape index (κ3) is 3.49. The second-order valence-corrected chi connectivity index (χ2v) is 4.70. The summed E-state index contributed by atoms with van der Waals surface area (Å²) >= 11 is 0. The van der Waals surface area contributed by atoms with Crippen LogP contribution in [0.5, 0.6) is 0 Å². The Hall–Kier alpha value is -1.60. The Morgan fingerprint density at radius 1 is 1.40 bits per heavy atom. The predicted octanol–water partition coefficient (Wildman–Crippen LogP) is 1.45. The first-order chi connectivity index (χ1) is 9.38. The van der Waals surface area contributed by atoms with Crippen LogP contribution in [0.15, 0.2) is 24.3 Å². The quantitative estimate of drug-likeness (QED) is 0.789. The lowest BCUT2D eigenvalue weighted by Crippen LogP contribution is -2.46. The Morgan fingerprint density at radius 3 is 2.80 bits per heavy atom. The highest BCUT2D eigenvalue weighted by Gasteiger charge is 2.38. The Balaban J connectivity index is 1.97. The van der Waals surface area contributed by atoms with Crippen molar-refractivity contribution < 1.29 is 23.1 Å². The first-order valence-electron chi connectivity index (χ1n) is 6.25. The van der Waals surface area contributed by atoms with E-state index < -0.39 is 24.9 Å². The summed E-state index contributed by atoms with van der Waals surface area (Å²) in [6.07, 6.45) is -6.19. The average molecular weight is 288 g/mol. The first kappa shape index (κ1) is 14.8. The number of para-hydroxylation sites is 1.